The summed E-state index contributed by atoms with van der Waals surface area (Å²) < 4.78 is 0. The van der Waals surface area contributed by atoms with Crippen LogP contribution in [0.3, 0.4) is 0 Å². The Balaban J connectivity index is 2.01. The SMILES string of the molecule is CC[C@H](NC(=S)Nc1ccc(CC#N)cc1)c1ccc(C)c(C)c1. The lowest BCUT2D eigenvalue weighted by atomic mass is 9.99. The highest BCUT2D eigenvalue weighted by atomic mass is 32.1. The first-order valence-corrected chi connectivity index (χ1v) is 8.55. The van der Waals surface area contributed by atoms with Crippen molar-refractivity contribution in [3.8, 4) is 6.07 Å². The van der Waals surface area contributed by atoms with Gasteiger partial charge in [-0.2, -0.15) is 5.26 Å². The van der Waals surface area contributed by atoms with E-state index >= 15 is 0 Å². The molecule has 0 saturated carbocycles. The van der Waals surface area contributed by atoms with Crippen LogP contribution < -0.4 is 10.6 Å². The monoisotopic (exact) mass is 337 g/mol. The first-order chi connectivity index (χ1) is 11.5. The van der Waals surface area contributed by atoms with E-state index in [4.69, 9.17) is 17.5 Å². The van der Waals surface area contributed by atoms with Crippen LogP contribution in [0, 0.1) is 25.2 Å². The molecule has 0 amide bonds. The Bertz CT molecular complexity index is 744. The fourth-order valence-corrected chi connectivity index (χ4v) is 2.79. The molecule has 2 aromatic rings. The first-order valence-electron chi connectivity index (χ1n) is 8.14. The van der Waals surface area contributed by atoms with Crippen LogP contribution in [0.2, 0.25) is 0 Å². The number of nitrogens with one attached hydrogen (secondary N) is 2. The molecule has 2 aromatic carbocycles. The average molecular weight is 337 g/mol. The Morgan fingerprint density at radius 3 is 2.42 bits per heavy atom. The number of nitrogens with zero attached hydrogens (tertiary/aromatic N) is 1. The molecule has 0 fully saturated rings. The maximum atomic E-state index is 8.71. The van der Waals surface area contributed by atoms with Crippen LogP contribution >= 0.6 is 12.2 Å². The zero-order chi connectivity index (χ0) is 17.5. The molecular formula is C20H23N3S. The zero-order valence-electron chi connectivity index (χ0n) is 14.4. The summed E-state index contributed by atoms with van der Waals surface area (Å²) in [6.07, 6.45) is 1.37. The number of anilines is 1. The normalized spacial score (nSPS) is 11.4. The lowest BCUT2D eigenvalue weighted by Gasteiger charge is -2.21. The second-order valence-corrected chi connectivity index (χ2v) is 6.34. The van der Waals surface area contributed by atoms with E-state index in [9.17, 15) is 0 Å². The molecule has 1 atom stereocenters. The molecule has 0 spiro atoms. The predicted molar refractivity (Wildman–Crippen MR) is 104 cm³/mol. The largest absolute Gasteiger partial charge is 0.356 e. The maximum Gasteiger partial charge on any atom is 0.171 e. The van der Waals surface area contributed by atoms with Gasteiger partial charge < -0.3 is 10.6 Å². The summed E-state index contributed by atoms with van der Waals surface area (Å²) in [5, 5.41) is 15.9. The van der Waals surface area contributed by atoms with Crippen LogP contribution in [0.25, 0.3) is 0 Å². The van der Waals surface area contributed by atoms with E-state index in [1.807, 2.05) is 24.3 Å². The average Bonchev–Trinajstić information content (AvgIpc) is 2.57. The molecular weight excluding hydrogens is 314 g/mol. The molecule has 0 radical (unpaired) electrons. The van der Waals surface area contributed by atoms with E-state index in [0.29, 0.717) is 11.5 Å². The number of thiocarbonyl (C=S) groups is 1. The summed E-state index contributed by atoms with van der Waals surface area (Å²) in [5.41, 5.74) is 5.76. The third-order valence-corrected chi connectivity index (χ3v) is 4.36. The van der Waals surface area contributed by atoms with Crippen LogP contribution in [0.15, 0.2) is 42.5 Å². The zero-order valence-corrected chi connectivity index (χ0v) is 15.2. The summed E-state index contributed by atoms with van der Waals surface area (Å²) in [7, 11) is 0. The summed E-state index contributed by atoms with van der Waals surface area (Å²) in [4.78, 5) is 0. The molecule has 0 aliphatic carbocycles. The first kappa shape index (κ1) is 18.0. The minimum Gasteiger partial charge on any atom is -0.356 e. The highest BCUT2D eigenvalue weighted by Crippen LogP contribution is 2.20. The molecule has 0 bridgehead atoms. The van der Waals surface area contributed by atoms with Gasteiger partial charge in [0.15, 0.2) is 5.11 Å². The summed E-state index contributed by atoms with van der Waals surface area (Å²) in [6.45, 7) is 6.40. The van der Waals surface area contributed by atoms with Gasteiger partial charge in [-0.25, -0.2) is 0 Å². The number of aryl methyl sites for hydroxylation is 2. The third-order valence-electron chi connectivity index (χ3n) is 4.14. The van der Waals surface area contributed by atoms with Crippen molar-refractivity contribution in [2.45, 2.75) is 39.7 Å². The van der Waals surface area contributed by atoms with Gasteiger partial charge in [-0.1, -0.05) is 37.3 Å². The van der Waals surface area contributed by atoms with Gasteiger partial charge in [-0.15, -0.1) is 0 Å². The van der Waals surface area contributed by atoms with Crippen molar-refractivity contribution in [3.05, 3.63) is 64.7 Å². The number of hydrogen-bond donors (Lipinski definition) is 2. The summed E-state index contributed by atoms with van der Waals surface area (Å²) >= 11 is 5.45. The molecule has 0 aliphatic rings. The van der Waals surface area contributed by atoms with Gasteiger partial charge in [0.05, 0.1) is 18.5 Å². The molecule has 24 heavy (non-hydrogen) atoms. The fraction of sp³-hybridized carbons (Fsp3) is 0.300. The molecule has 2 N–H and O–H groups in total. The van der Waals surface area contributed by atoms with Gasteiger partial charge in [0.2, 0.25) is 0 Å². The Labute approximate surface area is 149 Å². The number of rotatable bonds is 5. The predicted octanol–water partition coefficient (Wildman–Crippen LogP) is 4.81. The van der Waals surface area contributed by atoms with Crippen molar-refractivity contribution < 1.29 is 0 Å². The van der Waals surface area contributed by atoms with E-state index in [1.54, 1.807) is 0 Å². The molecule has 0 aromatic heterocycles. The minimum atomic E-state index is 0.183. The van der Waals surface area contributed by atoms with Crippen LogP contribution in [0.1, 0.15) is 41.6 Å². The standard InChI is InChI=1S/C20H23N3S/c1-4-19(17-8-5-14(2)15(3)13-17)23-20(24)22-18-9-6-16(7-10-18)11-12-21/h5-10,13,19H,4,11H2,1-3H3,(H2,22,23,24)/t19-/m0/s1. The van der Waals surface area contributed by atoms with E-state index in [2.05, 4.69) is 55.7 Å². The van der Waals surface area contributed by atoms with Crippen LogP contribution in [-0.2, 0) is 6.42 Å². The van der Waals surface area contributed by atoms with Gasteiger partial charge in [0.25, 0.3) is 0 Å². The topological polar surface area (TPSA) is 47.8 Å². The molecule has 3 nitrogen and oxygen atoms in total. The van der Waals surface area contributed by atoms with Gasteiger partial charge in [-0.05, 0) is 66.9 Å². The van der Waals surface area contributed by atoms with Crippen molar-refractivity contribution in [1.82, 2.24) is 5.32 Å². The summed E-state index contributed by atoms with van der Waals surface area (Å²) in [5.74, 6) is 0. The molecule has 2 rings (SSSR count). The van der Waals surface area contributed by atoms with Gasteiger partial charge in [0, 0.05) is 5.69 Å². The van der Waals surface area contributed by atoms with Gasteiger partial charge >= 0.3 is 0 Å². The van der Waals surface area contributed by atoms with Crippen molar-refractivity contribution >= 4 is 23.0 Å². The Kier molecular flexibility index (Phi) is 6.34. The van der Waals surface area contributed by atoms with Gasteiger partial charge in [0.1, 0.15) is 0 Å². The highest BCUT2D eigenvalue weighted by molar-refractivity contribution is 7.80. The van der Waals surface area contributed by atoms with Crippen molar-refractivity contribution in [2.24, 2.45) is 0 Å². The fourth-order valence-electron chi connectivity index (χ4n) is 2.53. The van der Waals surface area contributed by atoms with Crippen LogP contribution in [0.4, 0.5) is 5.69 Å². The number of benzene rings is 2. The minimum absolute atomic E-state index is 0.183. The van der Waals surface area contributed by atoms with E-state index < -0.39 is 0 Å². The van der Waals surface area contributed by atoms with E-state index in [0.717, 1.165) is 17.7 Å². The molecule has 0 aliphatic heterocycles. The molecule has 124 valence electrons. The lowest BCUT2D eigenvalue weighted by molar-refractivity contribution is 0.628. The number of hydrogen-bond acceptors (Lipinski definition) is 2. The quantitative estimate of drug-likeness (QED) is 0.769. The van der Waals surface area contributed by atoms with Crippen molar-refractivity contribution in [2.75, 3.05) is 5.32 Å². The van der Waals surface area contributed by atoms with Crippen molar-refractivity contribution in [1.29, 1.82) is 5.26 Å². The second-order valence-electron chi connectivity index (χ2n) is 5.93. The number of nitriles is 1. The van der Waals surface area contributed by atoms with Crippen LogP contribution in [-0.4, -0.2) is 5.11 Å². The Morgan fingerprint density at radius 2 is 1.83 bits per heavy atom. The Hall–Kier alpha value is -2.38. The lowest BCUT2D eigenvalue weighted by Crippen LogP contribution is -2.32. The maximum absolute atomic E-state index is 8.71. The molecule has 0 unspecified atom stereocenters. The van der Waals surface area contributed by atoms with Crippen LogP contribution in [0.5, 0.6) is 0 Å². The smallest absolute Gasteiger partial charge is 0.171 e. The molecule has 0 heterocycles. The van der Waals surface area contributed by atoms with E-state index in [-0.39, 0.29) is 6.04 Å². The van der Waals surface area contributed by atoms with Crippen molar-refractivity contribution in [3.63, 3.8) is 0 Å². The van der Waals surface area contributed by atoms with Gasteiger partial charge in [-0.3, -0.25) is 0 Å². The second kappa shape index (κ2) is 8.47. The summed E-state index contributed by atoms with van der Waals surface area (Å²) in [6, 6.07) is 16.6. The third kappa shape index (κ3) is 4.81. The Morgan fingerprint density at radius 1 is 1.12 bits per heavy atom. The highest BCUT2D eigenvalue weighted by Gasteiger charge is 2.11. The molecule has 4 heteroatoms. The molecule has 0 saturated heterocycles. The van der Waals surface area contributed by atoms with E-state index in [1.165, 1.54) is 16.7 Å².